The average molecular weight is 388 g/mol. The van der Waals surface area contributed by atoms with Crippen LogP contribution in [0.15, 0.2) is 54.6 Å². The molecule has 0 saturated carbocycles. The van der Waals surface area contributed by atoms with Crippen LogP contribution in [0.4, 0.5) is 11.4 Å². The molecule has 1 heterocycles. The summed E-state index contributed by atoms with van der Waals surface area (Å²) in [6, 6.07) is 10.3. The van der Waals surface area contributed by atoms with E-state index >= 15 is 0 Å². The summed E-state index contributed by atoms with van der Waals surface area (Å²) in [6.07, 6.45) is 1.79. The Balaban J connectivity index is 2.33. The molecule has 8 heteroatoms. The second-order valence-corrected chi connectivity index (χ2v) is 7.33. The first-order valence-corrected chi connectivity index (χ1v) is 9.50. The van der Waals surface area contributed by atoms with Crippen molar-refractivity contribution in [2.24, 2.45) is 0 Å². The zero-order valence-electron chi connectivity index (χ0n) is 15.2. The van der Waals surface area contributed by atoms with Gasteiger partial charge in [0.1, 0.15) is 11.4 Å². The summed E-state index contributed by atoms with van der Waals surface area (Å²) in [4.78, 5) is 3.08. The largest absolute Gasteiger partial charge is 0.496 e. The maximum atomic E-state index is 12.9. The predicted octanol–water partition coefficient (Wildman–Crippen LogP) is 3.81. The quantitative estimate of drug-likeness (QED) is 0.666. The summed E-state index contributed by atoms with van der Waals surface area (Å²) >= 11 is 0. The Labute approximate surface area is 157 Å². The van der Waals surface area contributed by atoms with Gasteiger partial charge in [-0.1, -0.05) is 6.58 Å². The van der Waals surface area contributed by atoms with Crippen molar-refractivity contribution in [1.29, 1.82) is 0 Å². The van der Waals surface area contributed by atoms with Gasteiger partial charge in [-0.05, 0) is 24.3 Å². The number of aromatic amines is 1. The zero-order chi connectivity index (χ0) is 19.6. The van der Waals surface area contributed by atoms with Crippen molar-refractivity contribution in [3.8, 4) is 17.2 Å². The van der Waals surface area contributed by atoms with E-state index in [0.717, 1.165) is 20.6 Å². The number of anilines is 2. The van der Waals surface area contributed by atoms with Crippen molar-refractivity contribution < 1.29 is 22.6 Å². The van der Waals surface area contributed by atoms with E-state index in [1.807, 2.05) is 6.07 Å². The summed E-state index contributed by atoms with van der Waals surface area (Å²) in [5, 5.41) is 1.75. The van der Waals surface area contributed by atoms with Crippen molar-refractivity contribution in [2.75, 3.05) is 25.6 Å². The number of hydrogen-bond acceptors (Lipinski definition) is 5. The number of nitrogens with zero attached hydrogens (tertiary/aromatic N) is 1. The fourth-order valence-corrected chi connectivity index (χ4v) is 3.82. The number of H-pyrrole nitrogens is 1. The summed E-state index contributed by atoms with van der Waals surface area (Å²) in [5.74, 6) is 1.04. The molecule has 0 aliphatic carbocycles. The van der Waals surface area contributed by atoms with Crippen molar-refractivity contribution >= 4 is 32.3 Å². The number of ether oxygens (including phenoxy) is 3. The average Bonchev–Trinajstić information content (AvgIpc) is 3.15. The summed E-state index contributed by atoms with van der Waals surface area (Å²) in [7, 11) is 0.490. The molecule has 0 atom stereocenters. The Morgan fingerprint density at radius 2 is 1.67 bits per heavy atom. The highest BCUT2D eigenvalue weighted by Crippen LogP contribution is 2.46. The second-order valence-electron chi connectivity index (χ2n) is 5.61. The highest BCUT2D eigenvalue weighted by atomic mass is 32.2. The van der Waals surface area contributed by atoms with Crippen molar-refractivity contribution in [1.82, 2.24) is 4.98 Å². The van der Waals surface area contributed by atoms with E-state index in [0.29, 0.717) is 11.4 Å². The molecule has 3 rings (SSSR count). The SMILES string of the molecule is C=CS(=O)(=O)N(c1ccc2[nH]ccc2c1)c1c(OC)cc(OC)cc1OC. The van der Waals surface area contributed by atoms with Gasteiger partial charge in [-0.3, -0.25) is 0 Å². The van der Waals surface area contributed by atoms with Gasteiger partial charge in [0.25, 0.3) is 10.0 Å². The van der Waals surface area contributed by atoms with Crippen molar-refractivity contribution in [3.05, 3.63) is 54.6 Å². The van der Waals surface area contributed by atoms with Crippen LogP contribution in [0.5, 0.6) is 17.2 Å². The van der Waals surface area contributed by atoms with Crippen molar-refractivity contribution in [3.63, 3.8) is 0 Å². The molecule has 7 nitrogen and oxygen atoms in total. The number of nitrogens with one attached hydrogen (secondary N) is 1. The maximum absolute atomic E-state index is 12.9. The number of aromatic nitrogens is 1. The zero-order valence-corrected chi connectivity index (χ0v) is 16.0. The molecule has 0 amide bonds. The van der Waals surface area contributed by atoms with E-state index < -0.39 is 10.0 Å². The normalized spacial score (nSPS) is 11.2. The van der Waals surface area contributed by atoms with Crippen LogP contribution in [-0.4, -0.2) is 34.7 Å². The number of hydrogen-bond donors (Lipinski definition) is 1. The first-order valence-electron chi connectivity index (χ1n) is 8.00. The molecule has 2 aromatic carbocycles. The lowest BCUT2D eigenvalue weighted by atomic mass is 10.2. The molecule has 1 N–H and O–H groups in total. The first kappa shape index (κ1) is 18.7. The molecule has 1 aromatic heterocycles. The number of benzene rings is 2. The Morgan fingerprint density at radius 3 is 2.22 bits per heavy atom. The van der Waals surface area contributed by atoms with E-state index in [-0.39, 0.29) is 17.2 Å². The van der Waals surface area contributed by atoms with E-state index in [4.69, 9.17) is 14.2 Å². The molecule has 0 bridgehead atoms. The fraction of sp³-hybridized carbons (Fsp3) is 0.158. The topological polar surface area (TPSA) is 80.9 Å². The molecule has 3 aromatic rings. The maximum Gasteiger partial charge on any atom is 0.261 e. The van der Waals surface area contributed by atoms with Gasteiger partial charge in [-0.15, -0.1) is 0 Å². The number of rotatable bonds is 7. The minimum absolute atomic E-state index is 0.232. The fourth-order valence-electron chi connectivity index (χ4n) is 2.83. The molecule has 0 aliphatic heterocycles. The van der Waals surface area contributed by atoms with Crippen LogP contribution in [-0.2, 0) is 10.0 Å². The standard InChI is InChI=1S/C19H20N2O5S/c1-5-27(22,23)21(14-6-7-16-13(10-14)8-9-20-16)19-17(25-3)11-15(24-2)12-18(19)26-4/h5-12,20H,1H2,2-4H3. The van der Waals surface area contributed by atoms with Crippen molar-refractivity contribution in [2.45, 2.75) is 0 Å². The van der Waals surface area contributed by atoms with Crippen LogP contribution in [0.2, 0.25) is 0 Å². The van der Waals surface area contributed by atoms with Gasteiger partial charge >= 0.3 is 0 Å². The predicted molar refractivity (Wildman–Crippen MR) is 106 cm³/mol. The number of fused-ring (bicyclic) bond motifs is 1. The van der Waals surface area contributed by atoms with Crippen LogP contribution in [0.25, 0.3) is 10.9 Å². The third-order valence-corrected chi connectivity index (χ3v) is 5.45. The van der Waals surface area contributed by atoms with Gasteiger partial charge < -0.3 is 19.2 Å². The third-order valence-electron chi connectivity index (χ3n) is 4.13. The minimum atomic E-state index is -3.92. The summed E-state index contributed by atoms with van der Waals surface area (Å²) in [5.41, 5.74) is 1.54. The molecular formula is C19H20N2O5S. The van der Waals surface area contributed by atoms with E-state index in [9.17, 15) is 8.42 Å². The molecule has 0 fully saturated rings. The lowest BCUT2D eigenvalue weighted by Gasteiger charge is -2.26. The molecule has 27 heavy (non-hydrogen) atoms. The summed E-state index contributed by atoms with van der Waals surface area (Å²) < 4.78 is 43.1. The Morgan fingerprint density at radius 1 is 1.00 bits per heavy atom. The lowest BCUT2D eigenvalue weighted by molar-refractivity contribution is 0.377. The lowest BCUT2D eigenvalue weighted by Crippen LogP contribution is -2.25. The molecule has 0 unspecified atom stereocenters. The van der Waals surface area contributed by atoms with E-state index in [1.54, 1.807) is 36.5 Å². The highest BCUT2D eigenvalue weighted by molar-refractivity contribution is 7.95. The van der Waals surface area contributed by atoms with Crippen LogP contribution in [0, 0.1) is 0 Å². The van der Waals surface area contributed by atoms with Crippen LogP contribution in [0.1, 0.15) is 0 Å². The minimum Gasteiger partial charge on any atom is -0.496 e. The molecule has 0 radical (unpaired) electrons. The van der Waals surface area contributed by atoms with Gasteiger partial charge in [-0.25, -0.2) is 12.7 Å². The Hall–Kier alpha value is -3.13. The van der Waals surface area contributed by atoms with Crippen LogP contribution < -0.4 is 18.5 Å². The van der Waals surface area contributed by atoms with Crippen LogP contribution in [0.3, 0.4) is 0 Å². The molecule has 0 aliphatic rings. The van der Waals surface area contributed by atoms with Gasteiger partial charge in [0.05, 0.1) is 27.0 Å². The smallest absolute Gasteiger partial charge is 0.261 e. The number of sulfonamides is 1. The van der Waals surface area contributed by atoms with Gasteiger partial charge in [0, 0.05) is 34.6 Å². The molecule has 0 spiro atoms. The monoisotopic (exact) mass is 388 g/mol. The highest BCUT2D eigenvalue weighted by Gasteiger charge is 2.29. The number of methoxy groups -OCH3 is 3. The van der Waals surface area contributed by atoms with Gasteiger partial charge in [0.15, 0.2) is 11.5 Å². The molecule has 142 valence electrons. The first-order chi connectivity index (χ1) is 12.9. The van der Waals surface area contributed by atoms with Gasteiger partial charge in [0.2, 0.25) is 0 Å². The summed E-state index contributed by atoms with van der Waals surface area (Å²) in [6.45, 7) is 3.46. The molecule has 0 saturated heterocycles. The van der Waals surface area contributed by atoms with E-state index in [1.165, 1.54) is 21.3 Å². The Bertz CT molecular complexity index is 1060. The Kier molecular flexibility index (Phi) is 5.00. The second kappa shape index (κ2) is 7.24. The third kappa shape index (κ3) is 3.31. The van der Waals surface area contributed by atoms with Gasteiger partial charge in [-0.2, -0.15) is 0 Å². The van der Waals surface area contributed by atoms with E-state index in [2.05, 4.69) is 11.6 Å². The van der Waals surface area contributed by atoms with Crippen LogP contribution >= 0.6 is 0 Å². The molecular weight excluding hydrogens is 368 g/mol.